The van der Waals surface area contributed by atoms with E-state index < -0.39 is 0 Å². The van der Waals surface area contributed by atoms with E-state index in [-0.39, 0.29) is 11.6 Å². The molecular formula is C13H27N3O. The molecule has 0 heterocycles. The summed E-state index contributed by atoms with van der Waals surface area (Å²) < 4.78 is 0. The molecule has 0 aromatic carbocycles. The van der Waals surface area contributed by atoms with Gasteiger partial charge in [-0.05, 0) is 25.7 Å². The summed E-state index contributed by atoms with van der Waals surface area (Å²) in [5.74, 6) is 0.662. The number of rotatable bonds is 3. The van der Waals surface area contributed by atoms with Gasteiger partial charge in [0.05, 0.1) is 5.54 Å². The number of urea groups is 1. The van der Waals surface area contributed by atoms with Gasteiger partial charge in [-0.2, -0.15) is 0 Å². The van der Waals surface area contributed by atoms with E-state index in [1.54, 1.807) is 4.90 Å². The third-order valence-electron chi connectivity index (χ3n) is 4.25. The van der Waals surface area contributed by atoms with Gasteiger partial charge in [0.1, 0.15) is 0 Å². The lowest BCUT2D eigenvalue weighted by Gasteiger charge is -2.46. The molecule has 1 aliphatic carbocycles. The van der Waals surface area contributed by atoms with E-state index in [4.69, 9.17) is 5.73 Å². The molecule has 2 unspecified atom stereocenters. The van der Waals surface area contributed by atoms with Crippen LogP contribution < -0.4 is 5.73 Å². The van der Waals surface area contributed by atoms with Crippen LogP contribution in [0.5, 0.6) is 0 Å². The van der Waals surface area contributed by atoms with Crippen LogP contribution in [0.2, 0.25) is 0 Å². The summed E-state index contributed by atoms with van der Waals surface area (Å²) in [5.41, 5.74) is 5.84. The van der Waals surface area contributed by atoms with Gasteiger partial charge in [-0.25, -0.2) is 4.79 Å². The fourth-order valence-corrected chi connectivity index (χ4v) is 2.85. The van der Waals surface area contributed by atoms with Gasteiger partial charge in [0, 0.05) is 27.2 Å². The summed E-state index contributed by atoms with van der Waals surface area (Å²) in [5, 5.41) is 0. The molecule has 17 heavy (non-hydrogen) atoms. The molecule has 2 atom stereocenters. The first-order chi connectivity index (χ1) is 7.96. The normalized spacial score (nSPS) is 28.9. The third kappa shape index (κ3) is 2.92. The average Bonchev–Trinajstić information content (AvgIpc) is 2.35. The number of amides is 2. The number of carbonyl (C=O) groups excluding carboxylic acids is 1. The first-order valence-corrected chi connectivity index (χ1v) is 6.66. The van der Waals surface area contributed by atoms with E-state index in [0.717, 1.165) is 19.4 Å². The first kappa shape index (κ1) is 14.3. The predicted octanol–water partition coefficient (Wildman–Crippen LogP) is 1.90. The smallest absolute Gasteiger partial charge is 0.319 e. The van der Waals surface area contributed by atoms with Gasteiger partial charge in [0.15, 0.2) is 0 Å². The van der Waals surface area contributed by atoms with Crippen molar-refractivity contribution in [3.05, 3.63) is 0 Å². The topological polar surface area (TPSA) is 49.6 Å². The zero-order valence-electron chi connectivity index (χ0n) is 11.7. The highest BCUT2D eigenvalue weighted by Gasteiger charge is 2.40. The lowest BCUT2D eigenvalue weighted by molar-refractivity contribution is 0.0696. The van der Waals surface area contributed by atoms with Gasteiger partial charge in [0.2, 0.25) is 0 Å². The van der Waals surface area contributed by atoms with Gasteiger partial charge < -0.3 is 15.5 Å². The lowest BCUT2D eigenvalue weighted by Crippen LogP contribution is -2.59. The highest BCUT2D eigenvalue weighted by molar-refractivity contribution is 5.74. The maximum atomic E-state index is 12.2. The van der Waals surface area contributed by atoms with Gasteiger partial charge in [0.25, 0.3) is 0 Å². The molecule has 0 saturated heterocycles. The standard InChI is InChI=1S/C13H27N3O/c1-5-15(3)12(17)16(4)13(10-14)8-6-7-11(2)9-13/h11H,5-10,14H2,1-4H3. The second kappa shape index (κ2) is 5.71. The molecule has 4 nitrogen and oxygen atoms in total. The summed E-state index contributed by atoms with van der Waals surface area (Å²) in [6.45, 7) is 5.55. The Bertz CT molecular complexity index is 269. The van der Waals surface area contributed by atoms with Crippen molar-refractivity contribution in [2.75, 3.05) is 27.2 Å². The van der Waals surface area contributed by atoms with E-state index in [2.05, 4.69) is 6.92 Å². The van der Waals surface area contributed by atoms with Gasteiger partial charge in [-0.3, -0.25) is 0 Å². The second-order valence-electron chi connectivity index (χ2n) is 5.49. The summed E-state index contributed by atoms with van der Waals surface area (Å²) in [6.07, 6.45) is 4.50. The van der Waals surface area contributed by atoms with Crippen molar-refractivity contribution >= 4 is 6.03 Å². The molecule has 4 heteroatoms. The Balaban J connectivity index is 2.81. The molecule has 1 saturated carbocycles. The molecule has 1 rings (SSSR count). The molecule has 0 aromatic rings. The van der Waals surface area contributed by atoms with Crippen molar-refractivity contribution in [3.63, 3.8) is 0 Å². The van der Waals surface area contributed by atoms with Gasteiger partial charge >= 0.3 is 6.03 Å². The Morgan fingerprint density at radius 1 is 1.47 bits per heavy atom. The van der Waals surface area contributed by atoms with E-state index in [1.165, 1.54) is 12.8 Å². The first-order valence-electron chi connectivity index (χ1n) is 6.66. The summed E-state index contributed by atoms with van der Waals surface area (Å²) >= 11 is 0. The van der Waals surface area contributed by atoms with Crippen molar-refractivity contribution in [2.45, 2.75) is 45.1 Å². The minimum absolute atomic E-state index is 0.0899. The van der Waals surface area contributed by atoms with Crippen LogP contribution in [0.4, 0.5) is 4.79 Å². The van der Waals surface area contributed by atoms with E-state index in [1.807, 2.05) is 25.9 Å². The summed E-state index contributed by atoms with van der Waals surface area (Å²) in [4.78, 5) is 15.9. The molecule has 0 radical (unpaired) electrons. The number of nitrogens with two attached hydrogens (primary N) is 1. The quantitative estimate of drug-likeness (QED) is 0.820. The van der Waals surface area contributed by atoms with E-state index in [9.17, 15) is 4.79 Å². The predicted molar refractivity (Wildman–Crippen MR) is 70.9 cm³/mol. The van der Waals surface area contributed by atoms with Crippen LogP contribution in [0.15, 0.2) is 0 Å². The zero-order chi connectivity index (χ0) is 13.1. The lowest BCUT2D eigenvalue weighted by atomic mass is 9.75. The molecular weight excluding hydrogens is 214 g/mol. The maximum Gasteiger partial charge on any atom is 0.319 e. The number of carbonyl (C=O) groups is 1. The average molecular weight is 241 g/mol. The van der Waals surface area contributed by atoms with Crippen LogP contribution >= 0.6 is 0 Å². The molecule has 2 amide bonds. The molecule has 0 spiro atoms. The second-order valence-corrected chi connectivity index (χ2v) is 5.49. The monoisotopic (exact) mass is 241 g/mol. The molecule has 100 valence electrons. The molecule has 0 aliphatic heterocycles. The number of nitrogens with zero attached hydrogens (tertiary/aromatic N) is 2. The SMILES string of the molecule is CCN(C)C(=O)N(C)C1(CN)CCCC(C)C1. The third-order valence-corrected chi connectivity index (χ3v) is 4.25. The van der Waals surface area contributed by atoms with E-state index >= 15 is 0 Å². The van der Waals surface area contributed by atoms with Crippen LogP contribution in [0.1, 0.15) is 39.5 Å². The van der Waals surface area contributed by atoms with E-state index in [0.29, 0.717) is 12.5 Å². The fourth-order valence-electron chi connectivity index (χ4n) is 2.85. The Kier molecular flexibility index (Phi) is 4.80. The Morgan fingerprint density at radius 2 is 2.12 bits per heavy atom. The van der Waals surface area contributed by atoms with Crippen molar-refractivity contribution < 1.29 is 4.79 Å². The molecule has 1 aliphatic rings. The van der Waals surface area contributed by atoms with Crippen LogP contribution in [-0.4, -0.2) is 48.6 Å². The van der Waals surface area contributed by atoms with Crippen molar-refractivity contribution in [3.8, 4) is 0 Å². The van der Waals surface area contributed by atoms with Crippen molar-refractivity contribution in [2.24, 2.45) is 11.7 Å². The number of likely N-dealkylation sites (N-methyl/N-ethyl adjacent to an activating group) is 1. The molecule has 1 fully saturated rings. The van der Waals surface area contributed by atoms with Crippen LogP contribution in [0.3, 0.4) is 0 Å². The minimum atomic E-state index is -0.127. The van der Waals surface area contributed by atoms with Gasteiger partial charge in [-0.15, -0.1) is 0 Å². The molecule has 0 aromatic heterocycles. The Hall–Kier alpha value is -0.770. The fraction of sp³-hybridized carbons (Fsp3) is 0.923. The maximum absolute atomic E-state index is 12.2. The largest absolute Gasteiger partial charge is 0.328 e. The zero-order valence-corrected chi connectivity index (χ0v) is 11.7. The van der Waals surface area contributed by atoms with Gasteiger partial charge in [-0.1, -0.05) is 19.8 Å². The molecule has 2 N–H and O–H groups in total. The summed E-state index contributed by atoms with van der Waals surface area (Å²) in [6, 6.07) is 0.0899. The van der Waals surface area contributed by atoms with Crippen molar-refractivity contribution in [1.82, 2.24) is 9.80 Å². The van der Waals surface area contributed by atoms with Crippen LogP contribution in [0.25, 0.3) is 0 Å². The number of hydrogen-bond donors (Lipinski definition) is 1. The van der Waals surface area contributed by atoms with Crippen molar-refractivity contribution in [1.29, 1.82) is 0 Å². The van der Waals surface area contributed by atoms with Crippen LogP contribution in [0, 0.1) is 5.92 Å². The summed E-state index contributed by atoms with van der Waals surface area (Å²) in [7, 11) is 3.74. The molecule has 0 bridgehead atoms. The highest BCUT2D eigenvalue weighted by Crippen LogP contribution is 2.35. The minimum Gasteiger partial charge on any atom is -0.328 e. The Morgan fingerprint density at radius 3 is 2.59 bits per heavy atom. The Labute approximate surface area is 105 Å². The highest BCUT2D eigenvalue weighted by atomic mass is 16.2. The van der Waals surface area contributed by atoms with Crippen LogP contribution in [-0.2, 0) is 0 Å². The number of hydrogen-bond acceptors (Lipinski definition) is 2.